The van der Waals surface area contributed by atoms with Crippen LogP contribution in [0.5, 0.6) is 5.75 Å². The number of carbonyl (C=O) groups is 1. The number of methoxy groups -OCH3 is 1. The molecule has 0 aromatic heterocycles. The van der Waals surface area contributed by atoms with Gasteiger partial charge >= 0.3 is 0 Å². The summed E-state index contributed by atoms with van der Waals surface area (Å²) in [5.41, 5.74) is 1.19. The Morgan fingerprint density at radius 2 is 1.96 bits per heavy atom. The molecule has 1 N–H and O–H groups in total. The third kappa shape index (κ3) is 4.44. The van der Waals surface area contributed by atoms with Crippen LogP contribution in [0, 0.1) is 0 Å². The van der Waals surface area contributed by atoms with Crippen molar-refractivity contribution in [3.8, 4) is 5.75 Å². The van der Waals surface area contributed by atoms with Gasteiger partial charge in [-0.25, -0.2) is 0 Å². The van der Waals surface area contributed by atoms with Gasteiger partial charge < -0.3 is 15.0 Å². The van der Waals surface area contributed by atoms with E-state index in [2.05, 4.69) is 32.1 Å². The minimum atomic E-state index is 0.113. The largest absolute Gasteiger partial charge is 0.495 e. The molecule has 3 rings (SSSR count). The predicted molar refractivity (Wildman–Crippen MR) is 100 cm³/mol. The number of rotatable bonds is 5. The van der Waals surface area contributed by atoms with Crippen LogP contribution in [0.2, 0.25) is 0 Å². The highest BCUT2D eigenvalue weighted by molar-refractivity contribution is 5.77. The molecule has 0 spiro atoms. The molecule has 1 aromatic carbocycles. The van der Waals surface area contributed by atoms with E-state index in [1.807, 2.05) is 12.1 Å². The zero-order chi connectivity index (χ0) is 17.6. The van der Waals surface area contributed by atoms with Gasteiger partial charge in [-0.3, -0.25) is 14.6 Å². The van der Waals surface area contributed by atoms with E-state index in [9.17, 15) is 4.79 Å². The van der Waals surface area contributed by atoms with Gasteiger partial charge in [0.2, 0.25) is 5.91 Å². The second-order valence-electron chi connectivity index (χ2n) is 6.90. The quantitative estimate of drug-likeness (QED) is 0.863. The number of hydrogen-bond acceptors (Lipinski definition) is 5. The molecule has 0 radical (unpaired) electrons. The van der Waals surface area contributed by atoms with E-state index in [-0.39, 0.29) is 5.91 Å². The Kier molecular flexibility index (Phi) is 6.15. The fraction of sp³-hybridized carbons (Fsp3) is 0.632. The molecular formula is C19H30N4O2. The van der Waals surface area contributed by atoms with Crippen LogP contribution in [0.15, 0.2) is 24.3 Å². The minimum absolute atomic E-state index is 0.113. The number of piperidine rings is 1. The molecule has 6 nitrogen and oxygen atoms in total. The molecule has 1 amide bonds. The summed E-state index contributed by atoms with van der Waals surface area (Å²) < 4.78 is 5.50. The van der Waals surface area contributed by atoms with Crippen LogP contribution in [-0.4, -0.2) is 81.7 Å². The molecule has 0 bridgehead atoms. The number of benzene rings is 1. The lowest BCUT2D eigenvalue weighted by Gasteiger charge is -2.44. The number of para-hydroxylation sites is 2. The Bertz CT molecular complexity index is 572. The molecule has 2 fully saturated rings. The van der Waals surface area contributed by atoms with Crippen molar-refractivity contribution in [2.24, 2.45) is 0 Å². The van der Waals surface area contributed by atoms with E-state index < -0.39 is 0 Å². The third-order valence-corrected chi connectivity index (χ3v) is 5.38. The van der Waals surface area contributed by atoms with Crippen LogP contribution in [0.3, 0.4) is 0 Å². The molecule has 2 saturated heterocycles. The van der Waals surface area contributed by atoms with Crippen molar-refractivity contribution in [2.45, 2.75) is 18.9 Å². The Morgan fingerprint density at radius 3 is 2.68 bits per heavy atom. The maximum absolute atomic E-state index is 11.6. The second-order valence-corrected chi connectivity index (χ2v) is 6.90. The van der Waals surface area contributed by atoms with E-state index in [1.165, 1.54) is 18.5 Å². The molecule has 2 aliphatic heterocycles. The highest BCUT2D eigenvalue weighted by Gasteiger charge is 2.29. The first-order chi connectivity index (χ1) is 12.2. The van der Waals surface area contributed by atoms with Crippen LogP contribution in [-0.2, 0) is 4.79 Å². The molecule has 138 valence electrons. The summed E-state index contributed by atoms with van der Waals surface area (Å²) in [5, 5.41) is 2.73. The number of anilines is 1. The number of amides is 1. The molecule has 2 aliphatic rings. The number of piperazine rings is 1. The van der Waals surface area contributed by atoms with Gasteiger partial charge in [-0.05, 0) is 31.5 Å². The van der Waals surface area contributed by atoms with Crippen molar-refractivity contribution in [3.05, 3.63) is 24.3 Å². The SMILES string of the molecule is CNC(=O)CN1CCC[C@@H](N2CCN(c3ccccc3OC)CC2)C1. The molecule has 0 saturated carbocycles. The zero-order valence-corrected chi connectivity index (χ0v) is 15.4. The van der Waals surface area contributed by atoms with Crippen molar-refractivity contribution in [1.29, 1.82) is 0 Å². The Morgan fingerprint density at radius 1 is 1.20 bits per heavy atom. The smallest absolute Gasteiger partial charge is 0.233 e. The predicted octanol–water partition coefficient (Wildman–Crippen LogP) is 1.03. The third-order valence-electron chi connectivity index (χ3n) is 5.38. The normalized spacial score (nSPS) is 22.6. The van der Waals surface area contributed by atoms with Gasteiger partial charge in [0, 0.05) is 45.8 Å². The number of carbonyl (C=O) groups excluding carboxylic acids is 1. The van der Waals surface area contributed by atoms with Crippen LogP contribution < -0.4 is 15.0 Å². The first-order valence-corrected chi connectivity index (χ1v) is 9.26. The summed E-state index contributed by atoms with van der Waals surface area (Å²) in [6.07, 6.45) is 2.41. The maximum atomic E-state index is 11.6. The second kappa shape index (κ2) is 8.54. The van der Waals surface area contributed by atoms with E-state index in [0.717, 1.165) is 45.0 Å². The Hall–Kier alpha value is -1.79. The lowest BCUT2D eigenvalue weighted by Crippen LogP contribution is -2.55. The van der Waals surface area contributed by atoms with Crippen LogP contribution >= 0.6 is 0 Å². The van der Waals surface area contributed by atoms with E-state index in [1.54, 1.807) is 14.2 Å². The highest BCUT2D eigenvalue weighted by atomic mass is 16.5. The molecule has 6 heteroatoms. The van der Waals surface area contributed by atoms with Gasteiger partial charge in [0.1, 0.15) is 5.75 Å². The summed E-state index contributed by atoms with van der Waals surface area (Å²) >= 11 is 0. The summed E-state index contributed by atoms with van der Waals surface area (Å²) in [5.74, 6) is 1.06. The number of likely N-dealkylation sites (tertiary alicyclic amines) is 1. The van der Waals surface area contributed by atoms with E-state index in [4.69, 9.17) is 4.74 Å². The number of nitrogens with zero attached hydrogens (tertiary/aromatic N) is 3. The molecular weight excluding hydrogens is 316 g/mol. The minimum Gasteiger partial charge on any atom is -0.495 e. The molecule has 0 unspecified atom stereocenters. The van der Waals surface area contributed by atoms with Gasteiger partial charge in [0.25, 0.3) is 0 Å². The summed E-state index contributed by atoms with van der Waals surface area (Å²) in [7, 11) is 3.44. The van der Waals surface area contributed by atoms with E-state index in [0.29, 0.717) is 12.6 Å². The fourth-order valence-corrected chi connectivity index (χ4v) is 3.97. The van der Waals surface area contributed by atoms with Gasteiger partial charge in [-0.2, -0.15) is 0 Å². The van der Waals surface area contributed by atoms with Crippen molar-refractivity contribution < 1.29 is 9.53 Å². The Labute approximate surface area is 150 Å². The van der Waals surface area contributed by atoms with Crippen molar-refractivity contribution >= 4 is 11.6 Å². The summed E-state index contributed by atoms with van der Waals surface area (Å²) in [4.78, 5) is 18.9. The average Bonchev–Trinajstić information content (AvgIpc) is 2.68. The van der Waals surface area contributed by atoms with Crippen molar-refractivity contribution in [2.75, 3.05) is 64.9 Å². The topological polar surface area (TPSA) is 48.1 Å². The standard InChI is InChI=1S/C19H30N4O2/c1-20-19(24)15-21-9-5-6-16(14-21)22-10-12-23(13-11-22)17-7-3-4-8-18(17)25-2/h3-4,7-8,16H,5-6,9-15H2,1-2H3,(H,20,24)/t16-/m1/s1. The van der Waals surface area contributed by atoms with E-state index >= 15 is 0 Å². The van der Waals surface area contributed by atoms with Crippen LogP contribution in [0.4, 0.5) is 5.69 Å². The molecule has 1 atom stereocenters. The number of ether oxygens (including phenoxy) is 1. The number of likely N-dealkylation sites (N-methyl/N-ethyl adjacent to an activating group) is 1. The average molecular weight is 346 g/mol. The van der Waals surface area contributed by atoms with Crippen molar-refractivity contribution in [3.63, 3.8) is 0 Å². The number of nitrogens with one attached hydrogen (secondary N) is 1. The molecule has 1 aromatic rings. The van der Waals surface area contributed by atoms with Gasteiger partial charge in [0.15, 0.2) is 0 Å². The van der Waals surface area contributed by atoms with Crippen LogP contribution in [0.1, 0.15) is 12.8 Å². The lowest BCUT2D eigenvalue weighted by atomic mass is 10.0. The lowest BCUT2D eigenvalue weighted by molar-refractivity contribution is -0.122. The fourth-order valence-electron chi connectivity index (χ4n) is 3.97. The van der Waals surface area contributed by atoms with Crippen LogP contribution in [0.25, 0.3) is 0 Å². The highest BCUT2D eigenvalue weighted by Crippen LogP contribution is 2.29. The van der Waals surface area contributed by atoms with Gasteiger partial charge in [-0.1, -0.05) is 12.1 Å². The first-order valence-electron chi connectivity index (χ1n) is 9.26. The van der Waals surface area contributed by atoms with Crippen molar-refractivity contribution in [1.82, 2.24) is 15.1 Å². The molecule has 0 aliphatic carbocycles. The number of hydrogen-bond donors (Lipinski definition) is 1. The molecule has 2 heterocycles. The molecule has 25 heavy (non-hydrogen) atoms. The Balaban J connectivity index is 1.54. The zero-order valence-electron chi connectivity index (χ0n) is 15.4. The summed E-state index contributed by atoms with van der Waals surface area (Å²) in [6.45, 7) is 6.73. The van der Waals surface area contributed by atoms with Gasteiger partial charge in [0.05, 0.1) is 19.3 Å². The maximum Gasteiger partial charge on any atom is 0.233 e. The monoisotopic (exact) mass is 346 g/mol. The first kappa shape index (κ1) is 18.0. The summed E-state index contributed by atoms with van der Waals surface area (Å²) in [6, 6.07) is 8.82. The van der Waals surface area contributed by atoms with Gasteiger partial charge in [-0.15, -0.1) is 0 Å².